The number of allylic oxidation sites excluding steroid dienone is 1. The molecule has 2 aromatic rings. The maximum atomic E-state index is 12.4. The highest BCUT2D eigenvalue weighted by Crippen LogP contribution is 2.55. The molecule has 1 amide bonds. The Morgan fingerprint density at radius 3 is 2.44 bits per heavy atom. The molecule has 1 aliphatic carbocycles. The molecular formula is C24H28N2O. The van der Waals surface area contributed by atoms with E-state index < -0.39 is 0 Å². The van der Waals surface area contributed by atoms with Crippen molar-refractivity contribution in [1.29, 1.82) is 0 Å². The van der Waals surface area contributed by atoms with Crippen molar-refractivity contribution in [2.45, 2.75) is 45.4 Å². The molecule has 27 heavy (non-hydrogen) atoms. The number of para-hydroxylation sites is 1. The molecule has 1 N–H and O–H groups in total. The fourth-order valence-corrected chi connectivity index (χ4v) is 3.71. The lowest BCUT2D eigenvalue weighted by atomic mass is 9.91. The van der Waals surface area contributed by atoms with Crippen molar-refractivity contribution in [3.05, 3.63) is 71.9 Å². The van der Waals surface area contributed by atoms with Gasteiger partial charge in [0.25, 0.3) is 5.91 Å². The molecule has 0 aromatic heterocycles. The average molecular weight is 361 g/mol. The van der Waals surface area contributed by atoms with Crippen molar-refractivity contribution < 1.29 is 4.79 Å². The van der Waals surface area contributed by atoms with Crippen LogP contribution in [-0.2, 0) is 5.41 Å². The first kappa shape index (κ1) is 17.8. The molecule has 1 saturated carbocycles. The number of carbonyl (C=O) groups excluding carboxylic acids is 1. The van der Waals surface area contributed by atoms with Gasteiger partial charge >= 0.3 is 0 Å². The molecule has 0 unspecified atom stereocenters. The van der Waals surface area contributed by atoms with Crippen molar-refractivity contribution in [2.24, 2.45) is 5.41 Å². The van der Waals surface area contributed by atoms with Gasteiger partial charge in [0, 0.05) is 35.1 Å². The van der Waals surface area contributed by atoms with Gasteiger partial charge in [-0.25, -0.2) is 0 Å². The smallest absolute Gasteiger partial charge is 0.251 e. The number of fused-ring (bicyclic) bond motifs is 2. The van der Waals surface area contributed by atoms with Crippen LogP contribution in [-0.4, -0.2) is 12.5 Å². The Morgan fingerprint density at radius 1 is 1.07 bits per heavy atom. The van der Waals surface area contributed by atoms with E-state index in [1.165, 1.54) is 24.1 Å². The van der Waals surface area contributed by atoms with Crippen molar-refractivity contribution in [3.63, 3.8) is 0 Å². The molecule has 1 aliphatic heterocycles. The van der Waals surface area contributed by atoms with Gasteiger partial charge in [-0.1, -0.05) is 45.0 Å². The lowest BCUT2D eigenvalue weighted by Crippen LogP contribution is -2.27. The Labute approximate surface area is 162 Å². The maximum Gasteiger partial charge on any atom is 0.251 e. The molecule has 2 aromatic carbocycles. The molecule has 0 radical (unpaired) electrons. The van der Waals surface area contributed by atoms with E-state index in [2.05, 4.69) is 67.5 Å². The van der Waals surface area contributed by atoms with E-state index in [9.17, 15) is 4.79 Å². The molecule has 1 fully saturated rings. The third-order valence-corrected chi connectivity index (χ3v) is 5.60. The van der Waals surface area contributed by atoms with Crippen molar-refractivity contribution in [3.8, 4) is 0 Å². The van der Waals surface area contributed by atoms with E-state index in [0.29, 0.717) is 12.1 Å². The van der Waals surface area contributed by atoms with Gasteiger partial charge in [0.2, 0.25) is 0 Å². The highest BCUT2D eigenvalue weighted by Gasteiger charge is 2.45. The van der Waals surface area contributed by atoms with Gasteiger partial charge in [-0.2, -0.15) is 0 Å². The molecule has 0 bridgehead atoms. The quantitative estimate of drug-likeness (QED) is 0.775. The van der Waals surface area contributed by atoms with Gasteiger partial charge in [-0.3, -0.25) is 4.79 Å². The molecule has 0 saturated heterocycles. The second-order valence-corrected chi connectivity index (χ2v) is 8.97. The molecule has 3 nitrogen and oxygen atoms in total. The number of amides is 1. The number of nitrogens with one attached hydrogen (secondary N) is 1. The first-order valence-electron chi connectivity index (χ1n) is 9.84. The highest BCUT2D eigenvalue weighted by atomic mass is 16.1. The highest BCUT2D eigenvalue weighted by molar-refractivity contribution is 5.94. The topological polar surface area (TPSA) is 32.3 Å². The van der Waals surface area contributed by atoms with Crippen LogP contribution in [0, 0.1) is 5.41 Å². The minimum Gasteiger partial charge on any atom is -0.352 e. The van der Waals surface area contributed by atoms with E-state index in [1.54, 1.807) is 0 Å². The standard InChI is InChI=1S/C24H28N2O/c1-23(2,3)14-16-25-22(27)18-8-10-19(11-9-18)26-17-15-24(12-13-24)20-6-4-5-7-21(20)26/h4-11,15,17H,12-14,16H2,1-3H3,(H,25,27). The largest absolute Gasteiger partial charge is 0.352 e. The van der Waals surface area contributed by atoms with Gasteiger partial charge in [0.15, 0.2) is 0 Å². The van der Waals surface area contributed by atoms with Crippen LogP contribution in [0.15, 0.2) is 60.8 Å². The van der Waals surface area contributed by atoms with Gasteiger partial charge in [-0.15, -0.1) is 0 Å². The summed E-state index contributed by atoms with van der Waals surface area (Å²) in [5.74, 6) is -0.00248. The summed E-state index contributed by atoms with van der Waals surface area (Å²) in [4.78, 5) is 14.6. The Kier molecular flexibility index (Phi) is 4.33. The zero-order valence-electron chi connectivity index (χ0n) is 16.5. The minimum absolute atomic E-state index is 0.00248. The predicted molar refractivity (Wildman–Crippen MR) is 111 cm³/mol. The van der Waals surface area contributed by atoms with E-state index in [-0.39, 0.29) is 16.7 Å². The number of benzene rings is 2. The zero-order valence-corrected chi connectivity index (χ0v) is 16.5. The Hall–Kier alpha value is -2.55. The van der Waals surface area contributed by atoms with Gasteiger partial charge in [0.05, 0.1) is 0 Å². The second kappa shape index (κ2) is 6.56. The molecule has 1 spiro atoms. The van der Waals surface area contributed by atoms with Crippen LogP contribution in [0.1, 0.15) is 56.0 Å². The Bertz CT molecular complexity index is 870. The van der Waals surface area contributed by atoms with Crippen LogP contribution in [0.3, 0.4) is 0 Å². The third kappa shape index (κ3) is 3.64. The van der Waals surface area contributed by atoms with Crippen molar-refractivity contribution in [2.75, 3.05) is 11.4 Å². The number of rotatable bonds is 4. The summed E-state index contributed by atoms with van der Waals surface area (Å²) in [6.07, 6.45) is 7.97. The number of hydrogen-bond donors (Lipinski definition) is 1. The second-order valence-electron chi connectivity index (χ2n) is 8.97. The number of nitrogens with zero attached hydrogens (tertiary/aromatic N) is 1. The van der Waals surface area contributed by atoms with Crippen molar-refractivity contribution in [1.82, 2.24) is 5.32 Å². The lowest BCUT2D eigenvalue weighted by molar-refractivity contribution is 0.0949. The zero-order chi connectivity index (χ0) is 19.1. The van der Waals surface area contributed by atoms with E-state index in [4.69, 9.17) is 0 Å². The third-order valence-electron chi connectivity index (χ3n) is 5.60. The van der Waals surface area contributed by atoms with Crippen LogP contribution < -0.4 is 10.2 Å². The maximum absolute atomic E-state index is 12.4. The van der Waals surface area contributed by atoms with Gasteiger partial charge < -0.3 is 10.2 Å². The molecule has 0 atom stereocenters. The first-order valence-corrected chi connectivity index (χ1v) is 9.84. The van der Waals surface area contributed by atoms with Crippen LogP contribution in [0.2, 0.25) is 0 Å². The van der Waals surface area contributed by atoms with Gasteiger partial charge in [-0.05, 0) is 60.6 Å². The van der Waals surface area contributed by atoms with E-state index >= 15 is 0 Å². The molecule has 1 heterocycles. The van der Waals surface area contributed by atoms with Crippen LogP contribution in [0.4, 0.5) is 11.4 Å². The summed E-state index contributed by atoms with van der Waals surface area (Å²) in [7, 11) is 0. The monoisotopic (exact) mass is 360 g/mol. The number of anilines is 2. The summed E-state index contributed by atoms with van der Waals surface area (Å²) in [5.41, 5.74) is 4.95. The summed E-state index contributed by atoms with van der Waals surface area (Å²) < 4.78 is 0. The average Bonchev–Trinajstić information content (AvgIpc) is 3.42. The molecule has 4 rings (SSSR count). The Balaban J connectivity index is 1.49. The fourth-order valence-electron chi connectivity index (χ4n) is 3.71. The summed E-state index contributed by atoms with van der Waals surface area (Å²) in [5, 5.41) is 3.02. The summed E-state index contributed by atoms with van der Waals surface area (Å²) >= 11 is 0. The van der Waals surface area contributed by atoms with Crippen LogP contribution in [0.25, 0.3) is 0 Å². The normalized spacial score (nSPS) is 16.9. The molecule has 3 heteroatoms. The SMILES string of the molecule is CC(C)(C)CCNC(=O)c1ccc(N2C=CC3(CC3)c3ccccc32)cc1. The van der Waals surface area contributed by atoms with Crippen LogP contribution >= 0.6 is 0 Å². The Morgan fingerprint density at radius 2 is 1.78 bits per heavy atom. The lowest BCUT2D eigenvalue weighted by Gasteiger charge is -2.31. The van der Waals surface area contributed by atoms with Crippen molar-refractivity contribution >= 4 is 17.3 Å². The van der Waals surface area contributed by atoms with Gasteiger partial charge in [0.1, 0.15) is 0 Å². The van der Waals surface area contributed by atoms with Crippen LogP contribution in [0.5, 0.6) is 0 Å². The fraction of sp³-hybridized carbons (Fsp3) is 0.375. The molecule has 140 valence electrons. The number of hydrogen-bond acceptors (Lipinski definition) is 2. The van der Waals surface area contributed by atoms with E-state index in [0.717, 1.165) is 12.1 Å². The van der Waals surface area contributed by atoms with E-state index in [1.807, 2.05) is 24.3 Å². The first-order chi connectivity index (χ1) is 12.9. The predicted octanol–water partition coefficient (Wildman–Crippen LogP) is 5.55. The minimum atomic E-state index is -0.00248. The summed E-state index contributed by atoms with van der Waals surface area (Å²) in [6.45, 7) is 7.26. The molecule has 2 aliphatic rings. The molecular weight excluding hydrogens is 332 g/mol. The summed E-state index contributed by atoms with van der Waals surface area (Å²) in [6, 6.07) is 16.6. The number of carbonyl (C=O) groups is 1.